The Morgan fingerprint density at radius 2 is 2.00 bits per heavy atom. The Labute approximate surface area is 196 Å². The number of hydrogen-bond acceptors (Lipinski definition) is 7. The number of pyridine rings is 1. The number of H-pyrrole nitrogens is 1. The number of nitrogens with zero attached hydrogens (tertiary/aromatic N) is 7. The molecule has 4 aromatic rings. The molecule has 0 unspecified atom stereocenters. The fraction of sp³-hybridized carbons (Fsp3) is 0.429. The Kier molecular flexibility index (Phi) is 5.65. The van der Waals surface area contributed by atoms with E-state index in [9.17, 15) is 22.8 Å². The van der Waals surface area contributed by atoms with Crippen LogP contribution in [-0.2, 0) is 6.54 Å². The van der Waals surface area contributed by atoms with Crippen LogP contribution in [0.1, 0.15) is 36.4 Å². The summed E-state index contributed by atoms with van der Waals surface area (Å²) < 4.78 is 40.9. The number of fused-ring (bicyclic) bond motifs is 2. The fourth-order valence-corrected chi connectivity index (χ4v) is 4.55. The van der Waals surface area contributed by atoms with Crippen LogP contribution in [0.5, 0.6) is 0 Å². The first-order valence-corrected chi connectivity index (χ1v) is 11.1. The van der Waals surface area contributed by atoms with Crippen LogP contribution in [0.4, 0.5) is 19.0 Å². The van der Waals surface area contributed by atoms with Gasteiger partial charge in [0.2, 0.25) is 5.82 Å². The van der Waals surface area contributed by atoms with Gasteiger partial charge in [0.25, 0.3) is 5.91 Å². The number of anilines is 1. The molecule has 1 aliphatic rings. The molecule has 1 saturated heterocycles. The van der Waals surface area contributed by atoms with E-state index >= 15 is 0 Å². The van der Waals surface area contributed by atoms with Gasteiger partial charge in [0.15, 0.2) is 22.6 Å². The number of carbonyl (C=O) groups excluding carboxylic acids is 1. The highest BCUT2D eigenvalue weighted by Crippen LogP contribution is 2.30. The van der Waals surface area contributed by atoms with E-state index in [0.29, 0.717) is 55.1 Å². The van der Waals surface area contributed by atoms with E-state index in [0.717, 1.165) is 5.52 Å². The second-order valence-corrected chi connectivity index (χ2v) is 8.24. The first-order valence-electron chi connectivity index (χ1n) is 11.1. The summed E-state index contributed by atoms with van der Waals surface area (Å²) in [5.41, 5.74) is 1.79. The minimum absolute atomic E-state index is 0.0362. The van der Waals surface area contributed by atoms with Crippen molar-refractivity contribution < 1.29 is 18.0 Å². The molecule has 11 nitrogen and oxygen atoms in total. The van der Waals surface area contributed by atoms with Gasteiger partial charge in [-0.25, -0.2) is 24.7 Å². The predicted molar refractivity (Wildman–Crippen MR) is 120 cm³/mol. The summed E-state index contributed by atoms with van der Waals surface area (Å²) in [4.78, 5) is 46.9. The van der Waals surface area contributed by atoms with Crippen LogP contribution >= 0.6 is 0 Å². The number of rotatable bonds is 5. The molecular formula is C21H22F3N9O2. The average Bonchev–Trinajstić information content (AvgIpc) is 3.39. The van der Waals surface area contributed by atoms with Crippen molar-refractivity contribution in [3.63, 3.8) is 0 Å². The zero-order valence-electron chi connectivity index (χ0n) is 18.7. The molecule has 5 heterocycles. The molecule has 0 radical (unpaired) electrons. The minimum Gasteiger partial charge on any atom is -0.355 e. The zero-order valence-corrected chi connectivity index (χ0v) is 18.7. The van der Waals surface area contributed by atoms with Crippen molar-refractivity contribution in [1.82, 2.24) is 39.4 Å². The van der Waals surface area contributed by atoms with Crippen LogP contribution in [0.2, 0.25) is 0 Å². The molecule has 0 aliphatic carbocycles. The number of imidazole rings is 2. The van der Waals surface area contributed by atoms with Crippen molar-refractivity contribution in [2.24, 2.45) is 0 Å². The summed E-state index contributed by atoms with van der Waals surface area (Å²) in [6.45, 7) is 1.72. The van der Waals surface area contributed by atoms with E-state index in [4.69, 9.17) is 0 Å². The van der Waals surface area contributed by atoms with Gasteiger partial charge in [-0.1, -0.05) is 0 Å². The van der Waals surface area contributed by atoms with Gasteiger partial charge in [-0.15, -0.1) is 0 Å². The normalized spacial score (nSPS) is 15.3. The Morgan fingerprint density at radius 3 is 2.71 bits per heavy atom. The molecule has 35 heavy (non-hydrogen) atoms. The van der Waals surface area contributed by atoms with Crippen molar-refractivity contribution in [2.45, 2.75) is 38.5 Å². The second-order valence-electron chi connectivity index (χ2n) is 8.24. The van der Waals surface area contributed by atoms with Gasteiger partial charge in [-0.2, -0.15) is 13.2 Å². The van der Waals surface area contributed by atoms with E-state index < -0.39 is 18.6 Å². The van der Waals surface area contributed by atoms with E-state index in [2.05, 4.69) is 24.9 Å². The van der Waals surface area contributed by atoms with Crippen molar-refractivity contribution in [1.29, 1.82) is 0 Å². The molecule has 0 bridgehead atoms. The molecular weight excluding hydrogens is 467 g/mol. The van der Waals surface area contributed by atoms with Crippen molar-refractivity contribution in [2.75, 3.05) is 24.5 Å². The smallest absolute Gasteiger partial charge is 0.355 e. The van der Waals surface area contributed by atoms with Gasteiger partial charge >= 0.3 is 11.9 Å². The lowest BCUT2D eigenvalue weighted by molar-refractivity contribution is -0.123. The Bertz CT molecular complexity index is 1450. The van der Waals surface area contributed by atoms with E-state index in [-0.39, 0.29) is 17.6 Å². The van der Waals surface area contributed by atoms with Crippen LogP contribution in [0.15, 0.2) is 29.5 Å². The lowest BCUT2D eigenvalue weighted by Gasteiger charge is -2.33. The Hall–Kier alpha value is -3.97. The van der Waals surface area contributed by atoms with Crippen LogP contribution in [-0.4, -0.2) is 65.8 Å². The molecule has 184 valence electrons. The lowest BCUT2D eigenvalue weighted by Crippen LogP contribution is -2.37. The number of piperidine rings is 1. The van der Waals surface area contributed by atoms with E-state index in [1.807, 2.05) is 16.3 Å². The number of aryl methyl sites for hydroxylation is 1. The first-order chi connectivity index (χ1) is 16.8. The molecule has 1 aliphatic heterocycles. The van der Waals surface area contributed by atoms with Crippen LogP contribution in [0, 0.1) is 0 Å². The quantitative estimate of drug-likeness (QED) is 0.439. The highest BCUT2D eigenvalue weighted by atomic mass is 19.4. The van der Waals surface area contributed by atoms with Gasteiger partial charge in [0.05, 0.1) is 5.52 Å². The molecule has 2 N–H and O–H groups in total. The van der Waals surface area contributed by atoms with E-state index in [1.54, 1.807) is 23.8 Å². The van der Waals surface area contributed by atoms with Gasteiger partial charge in [0, 0.05) is 31.9 Å². The molecule has 14 heteroatoms. The fourth-order valence-electron chi connectivity index (χ4n) is 4.55. The molecule has 0 aromatic carbocycles. The molecule has 5 rings (SSSR count). The van der Waals surface area contributed by atoms with E-state index in [1.165, 1.54) is 10.9 Å². The summed E-state index contributed by atoms with van der Waals surface area (Å²) >= 11 is 0. The summed E-state index contributed by atoms with van der Waals surface area (Å²) in [5.74, 6) is -0.584. The zero-order chi connectivity index (χ0) is 24.7. The molecule has 0 saturated carbocycles. The third kappa shape index (κ3) is 4.19. The molecule has 4 aromatic heterocycles. The SMILES string of the molecule is CCn1c(C(=O)NCC(F)(F)F)nc2c(N3CCC(n4c(=O)[nH]c5ncccc54)CC3)ncnc21. The van der Waals surface area contributed by atoms with Crippen molar-refractivity contribution >= 4 is 34.1 Å². The number of halogens is 3. The average molecular weight is 489 g/mol. The molecule has 1 fully saturated rings. The number of aromatic amines is 1. The predicted octanol–water partition coefficient (Wildman–Crippen LogP) is 2.02. The number of nitrogens with one attached hydrogen (secondary N) is 2. The van der Waals surface area contributed by atoms with Crippen molar-refractivity contribution in [3.8, 4) is 0 Å². The number of hydrogen-bond donors (Lipinski definition) is 2. The number of carbonyl (C=O) groups is 1. The maximum atomic E-state index is 12.6. The summed E-state index contributed by atoms with van der Waals surface area (Å²) in [5, 5.41) is 1.87. The summed E-state index contributed by atoms with van der Waals surface area (Å²) in [6.07, 6.45) is -0.248. The molecule has 0 spiro atoms. The van der Waals surface area contributed by atoms with Crippen LogP contribution in [0.25, 0.3) is 22.3 Å². The highest BCUT2D eigenvalue weighted by Gasteiger charge is 2.31. The van der Waals surface area contributed by atoms with Crippen molar-refractivity contribution in [3.05, 3.63) is 41.0 Å². The number of alkyl halides is 3. The molecule has 1 amide bonds. The Balaban J connectivity index is 1.41. The standard InChI is InChI=1S/C21H22F3N9O2/c1-2-32-17-14(29-18(32)19(34)26-10-21(22,23)24)16(27-11-28-17)31-8-5-12(6-9-31)33-13-4-3-7-25-15(13)30-20(33)35/h3-4,7,11-12H,2,5-6,8-10H2,1H3,(H,26,34)(H,25,30,35). The minimum atomic E-state index is -4.53. The van der Waals surface area contributed by atoms with Gasteiger partial charge in [-0.05, 0) is 31.9 Å². The monoisotopic (exact) mass is 489 g/mol. The Morgan fingerprint density at radius 1 is 1.23 bits per heavy atom. The third-order valence-corrected chi connectivity index (χ3v) is 6.10. The number of amides is 1. The third-order valence-electron chi connectivity index (χ3n) is 6.10. The second kappa shape index (κ2) is 8.67. The van der Waals surface area contributed by atoms with Gasteiger partial charge in [-0.3, -0.25) is 14.3 Å². The van der Waals surface area contributed by atoms with Gasteiger partial charge < -0.3 is 14.8 Å². The summed E-state index contributed by atoms with van der Waals surface area (Å²) in [6, 6.07) is 3.60. The van der Waals surface area contributed by atoms with Gasteiger partial charge in [0.1, 0.15) is 12.9 Å². The maximum Gasteiger partial charge on any atom is 0.405 e. The van der Waals surface area contributed by atoms with Crippen LogP contribution < -0.4 is 15.9 Å². The maximum absolute atomic E-state index is 12.6. The summed E-state index contributed by atoms with van der Waals surface area (Å²) in [7, 11) is 0. The lowest BCUT2D eigenvalue weighted by atomic mass is 10.0. The first kappa shape index (κ1) is 22.8. The molecule has 0 atom stereocenters. The topological polar surface area (TPSA) is 127 Å². The highest BCUT2D eigenvalue weighted by molar-refractivity contribution is 5.96. The largest absolute Gasteiger partial charge is 0.405 e. The number of aromatic nitrogens is 7. The van der Waals surface area contributed by atoms with Crippen LogP contribution in [0.3, 0.4) is 0 Å².